The van der Waals surface area contributed by atoms with Gasteiger partial charge < -0.3 is 0 Å². The van der Waals surface area contributed by atoms with Crippen molar-refractivity contribution in [2.45, 2.75) is 97.3 Å². The molecule has 4 heteroatoms. The van der Waals surface area contributed by atoms with Gasteiger partial charge in [0.1, 0.15) is 0 Å². The molecular formula is C35H44N2S2. The Balaban J connectivity index is 1.71. The Morgan fingerprint density at radius 3 is 1.49 bits per heavy atom. The second kappa shape index (κ2) is 12.9. The zero-order chi connectivity index (χ0) is 27.2. The highest BCUT2D eigenvalue weighted by Gasteiger charge is 2.45. The maximum absolute atomic E-state index is 4.41. The lowest BCUT2D eigenvalue weighted by atomic mass is 9.65. The summed E-state index contributed by atoms with van der Waals surface area (Å²) >= 11 is 3.50. The Morgan fingerprint density at radius 2 is 1.13 bits per heavy atom. The molecule has 1 aliphatic carbocycles. The van der Waals surface area contributed by atoms with Crippen LogP contribution in [0.25, 0.3) is 32.0 Å². The lowest BCUT2D eigenvalue weighted by Crippen LogP contribution is -2.31. The van der Waals surface area contributed by atoms with Gasteiger partial charge in [0.2, 0.25) is 0 Å². The summed E-state index contributed by atoms with van der Waals surface area (Å²) in [6.45, 7) is 9.51. The average Bonchev–Trinajstić information content (AvgIpc) is 3.75. The number of nitrogens with zero attached hydrogens (tertiary/aromatic N) is 2. The van der Waals surface area contributed by atoms with Crippen LogP contribution in [0.2, 0.25) is 0 Å². The Bertz CT molecular complexity index is 1220. The first-order valence-electron chi connectivity index (χ1n) is 15.2. The predicted octanol–water partition coefficient (Wildman–Crippen LogP) is 11.4. The number of hydrogen-bond acceptors (Lipinski definition) is 4. The van der Waals surface area contributed by atoms with Crippen LogP contribution in [0, 0.1) is 11.8 Å². The zero-order valence-corrected chi connectivity index (χ0v) is 25.8. The van der Waals surface area contributed by atoms with E-state index in [1.54, 1.807) is 33.8 Å². The van der Waals surface area contributed by atoms with E-state index in [4.69, 9.17) is 0 Å². The van der Waals surface area contributed by atoms with Gasteiger partial charge in [0.05, 0.1) is 20.8 Å². The van der Waals surface area contributed by atoms with Crippen LogP contribution in [0.5, 0.6) is 0 Å². The Hall–Kier alpha value is -2.30. The van der Waals surface area contributed by atoms with Crippen molar-refractivity contribution >= 4 is 22.7 Å². The Morgan fingerprint density at radius 1 is 0.667 bits per heavy atom. The minimum Gasteiger partial charge on any atom is -0.252 e. The molecule has 5 rings (SSSR count). The van der Waals surface area contributed by atoms with Crippen molar-refractivity contribution in [1.82, 2.24) is 9.97 Å². The molecule has 0 spiro atoms. The molecule has 2 aromatic heterocycles. The fraction of sp³-hybridized carbons (Fsp3) is 0.486. The fourth-order valence-corrected chi connectivity index (χ4v) is 8.15. The average molecular weight is 557 g/mol. The van der Waals surface area contributed by atoms with E-state index < -0.39 is 0 Å². The highest BCUT2D eigenvalue weighted by Crippen LogP contribution is 2.57. The third-order valence-electron chi connectivity index (χ3n) is 9.15. The van der Waals surface area contributed by atoms with Crippen molar-refractivity contribution in [2.75, 3.05) is 0 Å². The normalized spacial score (nSPS) is 15.2. The molecule has 2 atom stereocenters. The van der Waals surface area contributed by atoms with Gasteiger partial charge in [0, 0.05) is 17.8 Å². The Labute approximate surface area is 244 Å². The molecule has 206 valence electrons. The largest absolute Gasteiger partial charge is 0.252 e. The maximum Gasteiger partial charge on any atom is 0.0797 e. The van der Waals surface area contributed by atoms with Crippen molar-refractivity contribution in [3.05, 3.63) is 70.9 Å². The fourth-order valence-electron chi connectivity index (χ4n) is 6.91. The van der Waals surface area contributed by atoms with Gasteiger partial charge in [-0.25, -0.2) is 0 Å². The van der Waals surface area contributed by atoms with Crippen LogP contribution in [0.4, 0.5) is 0 Å². The summed E-state index contributed by atoms with van der Waals surface area (Å²) in [4.78, 5) is 11.4. The molecule has 0 N–H and O–H groups in total. The molecular weight excluding hydrogens is 513 g/mol. The van der Waals surface area contributed by atoms with Gasteiger partial charge in [0.25, 0.3) is 0 Å². The van der Waals surface area contributed by atoms with Gasteiger partial charge in [-0.2, -0.15) is 0 Å². The van der Waals surface area contributed by atoms with E-state index in [9.17, 15) is 0 Å². The quantitative estimate of drug-likeness (QED) is 0.154. The summed E-state index contributed by atoms with van der Waals surface area (Å²) in [7, 11) is 0. The lowest BCUT2D eigenvalue weighted by Gasteiger charge is -2.39. The number of aromatic nitrogens is 2. The van der Waals surface area contributed by atoms with E-state index in [1.165, 1.54) is 96.2 Å². The van der Waals surface area contributed by atoms with Crippen molar-refractivity contribution in [2.24, 2.45) is 11.8 Å². The molecule has 2 unspecified atom stereocenters. The molecule has 39 heavy (non-hydrogen) atoms. The summed E-state index contributed by atoms with van der Waals surface area (Å²) < 4.78 is 0. The number of fused-ring (bicyclic) bond motifs is 3. The number of thiazole rings is 2. The van der Waals surface area contributed by atoms with Crippen LogP contribution < -0.4 is 0 Å². The predicted molar refractivity (Wildman–Crippen MR) is 171 cm³/mol. The van der Waals surface area contributed by atoms with E-state index in [1.807, 2.05) is 23.4 Å². The topological polar surface area (TPSA) is 25.8 Å². The maximum atomic E-state index is 4.41. The molecule has 0 bridgehead atoms. The van der Waals surface area contributed by atoms with Crippen LogP contribution in [0.3, 0.4) is 0 Å². The summed E-state index contributed by atoms with van der Waals surface area (Å²) in [6, 6.07) is 14.6. The molecule has 0 amide bonds. The van der Waals surface area contributed by atoms with Crippen LogP contribution in [0.15, 0.2) is 59.8 Å². The van der Waals surface area contributed by atoms with E-state index in [0.29, 0.717) is 0 Å². The van der Waals surface area contributed by atoms with E-state index in [-0.39, 0.29) is 5.41 Å². The molecule has 2 heterocycles. The standard InChI is InChI=1S/C35H44N2S2/c1-5-9-11-25(7-3)19-35(20-26(8-4)12-10-6-2)31-17-27(33-21-36-23-38-33)13-15-29(31)30-16-14-28(18-32(30)35)34-22-37-24-39-34/h13-18,21-26H,5-12,19-20H2,1-4H3. The number of unbranched alkanes of at least 4 members (excludes halogenated alkanes) is 2. The monoisotopic (exact) mass is 556 g/mol. The molecule has 2 aromatic carbocycles. The summed E-state index contributed by atoms with van der Waals surface area (Å²) in [6.07, 6.45) is 16.9. The van der Waals surface area contributed by atoms with Crippen LogP contribution in [-0.4, -0.2) is 9.97 Å². The van der Waals surface area contributed by atoms with Crippen LogP contribution >= 0.6 is 22.7 Å². The van der Waals surface area contributed by atoms with Gasteiger partial charge in [0.15, 0.2) is 0 Å². The molecule has 4 aromatic rings. The van der Waals surface area contributed by atoms with Gasteiger partial charge in [-0.15, -0.1) is 22.7 Å². The van der Waals surface area contributed by atoms with Gasteiger partial charge in [-0.3, -0.25) is 9.97 Å². The van der Waals surface area contributed by atoms with Gasteiger partial charge in [-0.05, 0) is 70.2 Å². The van der Waals surface area contributed by atoms with Gasteiger partial charge >= 0.3 is 0 Å². The first-order chi connectivity index (χ1) is 19.1. The highest BCUT2D eigenvalue weighted by molar-refractivity contribution is 7.13. The van der Waals surface area contributed by atoms with E-state index in [2.05, 4.69) is 74.1 Å². The number of hydrogen-bond donors (Lipinski definition) is 0. The second-order valence-corrected chi connectivity index (χ2v) is 13.3. The van der Waals surface area contributed by atoms with Gasteiger partial charge in [-0.1, -0.05) is 103 Å². The third-order valence-corrected chi connectivity index (χ3v) is 10.8. The third kappa shape index (κ3) is 5.79. The van der Waals surface area contributed by atoms with Crippen LogP contribution in [-0.2, 0) is 5.41 Å². The molecule has 2 nitrogen and oxygen atoms in total. The van der Waals surface area contributed by atoms with Crippen molar-refractivity contribution < 1.29 is 0 Å². The Kier molecular flexibility index (Phi) is 9.35. The molecule has 0 fully saturated rings. The lowest BCUT2D eigenvalue weighted by molar-refractivity contribution is 0.266. The summed E-state index contributed by atoms with van der Waals surface area (Å²) in [5.41, 5.74) is 12.6. The zero-order valence-electron chi connectivity index (χ0n) is 24.2. The molecule has 0 saturated heterocycles. The first kappa shape index (κ1) is 28.2. The van der Waals surface area contributed by atoms with Crippen molar-refractivity contribution in [3.8, 4) is 32.0 Å². The highest BCUT2D eigenvalue weighted by atomic mass is 32.1. The smallest absolute Gasteiger partial charge is 0.0797 e. The first-order valence-corrected chi connectivity index (χ1v) is 17.0. The number of benzene rings is 2. The summed E-state index contributed by atoms with van der Waals surface area (Å²) in [5, 5.41) is 0. The molecule has 0 saturated carbocycles. The second-order valence-electron chi connectivity index (χ2n) is 11.6. The number of rotatable bonds is 14. The van der Waals surface area contributed by atoms with E-state index >= 15 is 0 Å². The SMILES string of the molecule is CCCCC(CC)CC1(CC(CC)CCCC)c2cc(-c3cncs3)ccc2-c2ccc(-c3cncs3)cc21. The minimum atomic E-state index is 0.0366. The summed E-state index contributed by atoms with van der Waals surface area (Å²) in [5.74, 6) is 1.46. The van der Waals surface area contributed by atoms with E-state index in [0.717, 1.165) is 11.8 Å². The van der Waals surface area contributed by atoms with Crippen molar-refractivity contribution in [1.29, 1.82) is 0 Å². The molecule has 0 radical (unpaired) electrons. The van der Waals surface area contributed by atoms with Crippen LogP contribution in [0.1, 0.15) is 103 Å². The minimum absolute atomic E-state index is 0.0366. The van der Waals surface area contributed by atoms with Crippen molar-refractivity contribution in [3.63, 3.8) is 0 Å². The molecule has 1 aliphatic rings. The molecule has 0 aliphatic heterocycles.